The highest BCUT2D eigenvalue weighted by Gasteiger charge is 2.13. The van der Waals surface area contributed by atoms with E-state index >= 15 is 0 Å². The molecule has 2 aromatic rings. The van der Waals surface area contributed by atoms with Crippen molar-refractivity contribution in [3.05, 3.63) is 46.1 Å². The van der Waals surface area contributed by atoms with Crippen molar-refractivity contribution in [3.8, 4) is 0 Å². The van der Waals surface area contributed by atoms with Gasteiger partial charge >= 0.3 is 5.69 Å². The van der Waals surface area contributed by atoms with Crippen LogP contribution in [0.2, 0.25) is 0 Å². The topological polar surface area (TPSA) is 70.9 Å². The lowest BCUT2D eigenvalue weighted by Crippen LogP contribution is -2.17. The first-order valence-corrected chi connectivity index (χ1v) is 7.82. The van der Waals surface area contributed by atoms with Crippen LogP contribution in [0, 0.1) is 5.82 Å². The molecule has 0 radical (unpaired) electrons. The summed E-state index contributed by atoms with van der Waals surface area (Å²) in [5.41, 5.74) is 0.407. The van der Waals surface area contributed by atoms with Crippen LogP contribution < -0.4 is 5.69 Å². The van der Waals surface area contributed by atoms with E-state index in [1.165, 1.54) is 23.9 Å². The molecule has 2 N–H and O–H groups in total. The number of hydrogen-bond donors (Lipinski definition) is 2. The van der Waals surface area contributed by atoms with Crippen LogP contribution in [0.25, 0.3) is 0 Å². The minimum atomic E-state index is -0.734. The second-order valence-corrected chi connectivity index (χ2v) is 5.68. The van der Waals surface area contributed by atoms with Crippen molar-refractivity contribution in [1.82, 2.24) is 14.8 Å². The van der Waals surface area contributed by atoms with E-state index in [-0.39, 0.29) is 11.5 Å². The van der Waals surface area contributed by atoms with Crippen LogP contribution >= 0.6 is 11.8 Å². The molecule has 0 fully saturated rings. The Morgan fingerprint density at radius 1 is 1.43 bits per heavy atom. The minimum Gasteiger partial charge on any atom is -0.388 e. The average Bonchev–Trinajstić information content (AvgIpc) is 2.83. The number of hydrogen-bond acceptors (Lipinski definition) is 4. The lowest BCUT2D eigenvalue weighted by molar-refractivity contribution is 0.204. The molecule has 0 aliphatic heterocycles. The van der Waals surface area contributed by atoms with E-state index < -0.39 is 6.10 Å². The van der Waals surface area contributed by atoms with Gasteiger partial charge in [0.25, 0.3) is 0 Å². The maximum atomic E-state index is 12.8. The Bertz CT molecular complexity index is 624. The molecule has 0 amide bonds. The summed E-state index contributed by atoms with van der Waals surface area (Å²) in [6.07, 6.45) is 1.15. The molecule has 0 bridgehead atoms. The van der Waals surface area contributed by atoms with E-state index in [0.29, 0.717) is 23.0 Å². The number of benzene rings is 1. The first-order chi connectivity index (χ1) is 10.1. The lowest BCUT2D eigenvalue weighted by atomic mass is 10.1. The Labute approximate surface area is 126 Å². The molecule has 1 atom stereocenters. The summed E-state index contributed by atoms with van der Waals surface area (Å²) in [6.45, 7) is 2.66. The van der Waals surface area contributed by atoms with Crippen LogP contribution in [0.4, 0.5) is 4.39 Å². The van der Waals surface area contributed by atoms with Gasteiger partial charge in [-0.1, -0.05) is 37.2 Å². The van der Waals surface area contributed by atoms with Gasteiger partial charge in [0, 0.05) is 12.3 Å². The summed E-state index contributed by atoms with van der Waals surface area (Å²) in [5.74, 6) is 0.0153. The first-order valence-electron chi connectivity index (χ1n) is 6.83. The van der Waals surface area contributed by atoms with E-state index in [1.807, 2.05) is 0 Å². The monoisotopic (exact) mass is 311 g/mol. The third-order valence-electron chi connectivity index (χ3n) is 3.08. The highest BCUT2D eigenvalue weighted by Crippen LogP contribution is 2.23. The van der Waals surface area contributed by atoms with Crippen molar-refractivity contribution in [2.45, 2.75) is 37.6 Å². The standard InChI is InChI=1S/C14H18FN3O2S/c1-2-3-8-18-13(20)16-17-14(18)21-9-12(19)10-4-6-11(15)7-5-10/h4-7,12,19H,2-3,8-9H2,1H3,(H,16,20)/t12-/m0/s1. The van der Waals surface area contributed by atoms with Gasteiger partial charge in [-0.05, 0) is 24.1 Å². The second-order valence-electron chi connectivity index (χ2n) is 4.69. The quantitative estimate of drug-likeness (QED) is 0.770. The molecule has 0 unspecified atom stereocenters. The zero-order valence-corrected chi connectivity index (χ0v) is 12.6. The van der Waals surface area contributed by atoms with Crippen molar-refractivity contribution >= 4 is 11.8 Å². The fourth-order valence-corrected chi connectivity index (χ4v) is 2.80. The van der Waals surface area contributed by atoms with Gasteiger partial charge in [-0.15, -0.1) is 5.10 Å². The van der Waals surface area contributed by atoms with Gasteiger partial charge in [-0.2, -0.15) is 0 Å². The largest absolute Gasteiger partial charge is 0.388 e. The Balaban J connectivity index is 1.99. The van der Waals surface area contributed by atoms with Gasteiger partial charge in [0.15, 0.2) is 5.16 Å². The molecule has 1 heterocycles. The molecule has 0 spiro atoms. The molecular weight excluding hydrogens is 293 g/mol. The van der Waals surface area contributed by atoms with Crippen LogP contribution in [-0.2, 0) is 6.54 Å². The molecule has 1 aromatic carbocycles. The van der Waals surface area contributed by atoms with E-state index in [2.05, 4.69) is 17.1 Å². The zero-order chi connectivity index (χ0) is 15.2. The number of nitrogens with one attached hydrogen (secondary N) is 1. The highest BCUT2D eigenvalue weighted by atomic mass is 32.2. The molecular formula is C14H18FN3O2S. The molecule has 0 aliphatic carbocycles. The summed E-state index contributed by atoms with van der Waals surface area (Å²) in [4.78, 5) is 11.6. The van der Waals surface area contributed by atoms with Crippen molar-refractivity contribution in [1.29, 1.82) is 0 Å². The van der Waals surface area contributed by atoms with Crippen LogP contribution in [-0.4, -0.2) is 25.6 Å². The number of aromatic amines is 1. The third-order valence-corrected chi connectivity index (χ3v) is 4.14. The maximum Gasteiger partial charge on any atom is 0.343 e. The Morgan fingerprint density at radius 2 is 2.14 bits per heavy atom. The average molecular weight is 311 g/mol. The maximum absolute atomic E-state index is 12.8. The number of H-pyrrole nitrogens is 1. The fraction of sp³-hybridized carbons (Fsp3) is 0.429. The third kappa shape index (κ3) is 4.18. The second kappa shape index (κ2) is 7.42. The number of aromatic nitrogens is 3. The van der Waals surface area contributed by atoms with Crippen LogP contribution in [0.3, 0.4) is 0 Å². The van der Waals surface area contributed by atoms with Crippen molar-refractivity contribution in [2.75, 3.05) is 5.75 Å². The summed E-state index contributed by atoms with van der Waals surface area (Å²) in [7, 11) is 0. The normalized spacial score (nSPS) is 12.5. The van der Waals surface area contributed by atoms with E-state index in [0.717, 1.165) is 12.8 Å². The molecule has 2 rings (SSSR count). The molecule has 0 saturated carbocycles. The highest BCUT2D eigenvalue weighted by molar-refractivity contribution is 7.99. The first kappa shape index (κ1) is 15.8. The number of thioether (sulfide) groups is 1. The van der Waals surface area contributed by atoms with E-state index in [4.69, 9.17) is 0 Å². The van der Waals surface area contributed by atoms with Gasteiger partial charge in [0.1, 0.15) is 5.82 Å². The number of unbranched alkanes of at least 4 members (excludes halogenated alkanes) is 1. The minimum absolute atomic E-state index is 0.234. The van der Waals surface area contributed by atoms with Crippen LogP contribution in [0.15, 0.2) is 34.2 Å². The summed E-state index contributed by atoms with van der Waals surface area (Å²) >= 11 is 1.30. The van der Waals surface area contributed by atoms with E-state index in [1.54, 1.807) is 16.7 Å². The zero-order valence-electron chi connectivity index (χ0n) is 11.8. The number of nitrogens with zero attached hydrogens (tertiary/aromatic N) is 2. The molecule has 0 aliphatic rings. The van der Waals surface area contributed by atoms with Gasteiger partial charge in [-0.25, -0.2) is 14.3 Å². The molecule has 7 heteroatoms. The van der Waals surface area contributed by atoms with Crippen molar-refractivity contribution < 1.29 is 9.50 Å². The smallest absolute Gasteiger partial charge is 0.343 e. The Kier molecular flexibility index (Phi) is 5.58. The van der Waals surface area contributed by atoms with Crippen molar-refractivity contribution in [3.63, 3.8) is 0 Å². The van der Waals surface area contributed by atoms with Gasteiger partial charge < -0.3 is 5.11 Å². The predicted octanol–water partition coefficient (Wildman–Crippen LogP) is 2.34. The Hall–Kier alpha value is -1.60. The van der Waals surface area contributed by atoms with E-state index in [9.17, 15) is 14.3 Å². The van der Waals surface area contributed by atoms with Gasteiger partial charge in [-0.3, -0.25) is 4.57 Å². The number of halogens is 1. The number of rotatable bonds is 7. The lowest BCUT2D eigenvalue weighted by Gasteiger charge is -2.10. The van der Waals surface area contributed by atoms with Gasteiger partial charge in [0.05, 0.1) is 6.10 Å². The summed E-state index contributed by atoms with van der Waals surface area (Å²) in [5, 5.41) is 17.0. The molecule has 1 aromatic heterocycles. The number of aliphatic hydroxyl groups is 1. The van der Waals surface area contributed by atoms with Crippen molar-refractivity contribution in [2.24, 2.45) is 0 Å². The van der Waals surface area contributed by atoms with Crippen LogP contribution in [0.1, 0.15) is 31.4 Å². The fourth-order valence-electron chi connectivity index (χ4n) is 1.86. The molecule has 114 valence electrons. The molecule has 5 nitrogen and oxygen atoms in total. The Morgan fingerprint density at radius 3 is 2.81 bits per heavy atom. The predicted molar refractivity (Wildman–Crippen MR) is 79.8 cm³/mol. The molecule has 21 heavy (non-hydrogen) atoms. The summed E-state index contributed by atoms with van der Waals surface area (Å²) in [6, 6.07) is 5.73. The summed E-state index contributed by atoms with van der Waals surface area (Å²) < 4.78 is 14.4. The van der Waals surface area contributed by atoms with Crippen LogP contribution in [0.5, 0.6) is 0 Å². The SMILES string of the molecule is CCCCn1c(SC[C@H](O)c2ccc(F)cc2)n[nH]c1=O. The van der Waals surface area contributed by atoms with Gasteiger partial charge in [0.2, 0.25) is 0 Å². The molecule has 0 saturated heterocycles. The number of aliphatic hydroxyl groups excluding tert-OH is 1.